The van der Waals surface area contributed by atoms with E-state index in [0.29, 0.717) is 11.5 Å². The van der Waals surface area contributed by atoms with E-state index >= 15 is 0 Å². The van der Waals surface area contributed by atoms with Gasteiger partial charge in [-0.15, -0.1) is 0 Å². The molecule has 116 valence electrons. The lowest BCUT2D eigenvalue weighted by molar-refractivity contribution is 0.102. The van der Waals surface area contributed by atoms with Crippen LogP contribution < -0.4 is 10.9 Å². The van der Waals surface area contributed by atoms with Gasteiger partial charge in [-0.3, -0.25) is 9.59 Å². The van der Waals surface area contributed by atoms with Crippen LogP contribution in [0.15, 0.2) is 53.3 Å². The molecule has 0 spiro atoms. The van der Waals surface area contributed by atoms with E-state index in [9.17, 15) is 9.59 Å². The number of nitrogens with zero attached hydrogens (tertiary/aromatic N) is 3. The summed E-state index contributed by atoms with van der Waals surface area (Å²) < 4.78 is 5.38. The molecule has 0 saturated heterocycles. The van der Waals surface area contributed by atoms with Gasteiger partial charge in [-0.05, 0) is 36.2 Å². The Balaban J connectivity index is 1.82. The summed E-state index contributed by atoms with van der Waals surface area (Å²) in [5, 5.41) is 7.52. The second kappa shape index (κ2) is 6.53. The Hall–Kier alpha value is -2.80. The van der Waals surface area contributed by atoms with Crippen LogP contribution in [-0.4, -0.2) is 20.1 Å². The van der Waals surface area contributed by atoms with Crippen molar-refractivity contribution >= 4 is 22.4 Å². The van der Waals surface area contributed by atoms with E-state index in [1.54, 1.807) is 6.07 Å². The van der Waals surface area contributed by atoms with Gasteiger partial charge in [0.05, 0.1) is 12.2 Å². The van der Waals surface area contributed by atoms with Crippen LogP contribution in [0.25, 0.3) is 0 Å². The van der Waals surface area contributed by atoms with Crippen molar-refractivity contribution < 1.29 is 4.79 Å². The highest BCUT2D eigenvalue weighted by atomic mass is 32.1. The van der Waals surface area contributed by atoms with Crippen molar-refractivity contribution in [1.82, 2.24) is 14.2 Å². The molecule has 0 fully saturated rings. The smallest absolute Gasteiger partial charge is 0.276 e. The van der Waals surface area contributed by atoms with Crippen molar-refractivity contribution in [2.24, 2.45) is 0 Å². The highest BCUT2D eigenvalue weighted by Gasteiger charge is 2.11. The number of aromatic nitrogens is 3. The van der Waals surface area contributed by atoms with Crippen molar-refractivity contribution in [1.29, 1.82) is 0 Å². The van der Waals surface area contributed by atoms with Gasteiger partial charge in [0.2, 0.25) is 0 Å². The van der Waals surface area contributed by atoms with Gasteiger partial charge in [0.25, 0.3) is 11.5 Å². The summed E-state index contributed by atoms with van der Waals surface area (Å²) in [6.45, 7) is 2.17. The first-order valence-electron chi connectivity index (χ1n) is 6.98. The first kappa shape index (κ1) is 15.1. The topological polar surface area (TPSA) is 76.9 Å². The maximum Gasteiger partial charge on any atom is 0.276 e. The Labute approximate surface area is 136 Å². The zero-order valence-corrected chi connectivity index (χ0v) is 13.2. The molecule has 0 aliphatic heterocycles. The third-order valence-corrected chi connectivity index (χ3v) is 3.94. The molecule has 3 aromatic rings. The Morgan fingerprint density at radius 1 is 1.22 bits per heavy atom. The summed E-state index contributed by atoms with van der Waals surface area (Å²) in [5.74, 6) is -0.365. The highest BCUT2D eigenvalue weighted by molar-refractivity contribution is 7.10. The number of hydrogen-bond donors (Lipinski definition) is 1. The van der Waals surface area contributed by atoms with E-state index in [4.69, 9.17) is 0 Å². The van der Waals surface area contributed by atoms with Gasteiger partial charge in [-0.25, -0.2) is 4.68 Å². The predicted molar refractivity (Wildman–Crippen MR) is 88.8 cm³/mol. The summed E-state index contributed by atoms with van der Waals surface area (Å²) in [7, 11) is 0. The molecule has 0 atom stereocenters. The lowest BCUT2D eigenvalue weighted by Crippen LogP contribution is -2.26. The quantitative estimate of drug-likeness (QED) is 0.798. The first-order chi connectivity index (χ1) is 11.1. The molecule has 3 rings (SSSR count). The van der Waals surface area contributed by atoms with Gasteiger partial charge in [0.15, 0.2) is 0 Å². The number of carbonyl (C=O) groups excluding carboxylic acids is 1. The number of benzene rings is 1. The van der Waals surface area contributed by atoms with Crippen molar-refractivity contribution in [3.63, 3.8) is 0 Å². The van der Waals surface area contributed by atoms with E-state index in [-0.39, 0.29) is 17.2 Å². The van der Waals surface area contributed by atoms with Crippen LogP contribution in [0.3, 0.4) is 0 Å². The molecule has 1 amide bonds. The Morgan fingerprint density at radius 2 is 2.00 bits per heavy atom. The molecular formula is C16H14N4O2S. The fourth-order valence-corrected chi connectivity index (χ4v) is 2.69. The molecule has 0 bridgehead atoms. The lowest BCUT2D eigenvalue weighted by Gasteiger charge is -2.07. The van der Waals surface area contributed by atoms with Gasteiger partial charge >= 0.3 is 0 Å². The number of hydrogen-bond acceptors (Lipinski definition) is 5. The summed E-state index contributed by atoms with van der Waals surface area (Å²) in [6.07, 6.45) is 0. The summed E-state index contributed by atoms with van der Waals surface area (Å²) in [4.78, 5) is 24.2. The second-order valence-corrected chi connectivity index (χ2v) is 5.79. The van der Waals surface area contributed by atoms with Crippen LogP contribution in [-0.2, 0) is 6.54 Å². The number of rotatable bonds is 4. The molecule has 2 heterocycles. The third-order valence-electron chi connectivity index (χ3n) is 3.14. The third kappa shape index (κ3) is 3.70. The van der Waals surface area contributed by atoms with Crippen LogP contribution in [0.4, 0.5) is 5.00 Å². The molecule has 0 unspecified atom stereocenters. The van der Waals surface area contributed by atoms with Crippen LogP contribution in [0.2, 0.25) is 0 Å². The maximum atomic E-state index is 12.2. The van der Waals surface area contributed by atoms with Crippen molar-refractivity contribution in [3.05, 3.63) is 75.8 Å². The van der Waals surface area contributed by atoms with E-state index < -0.39 is 0 Å². The molecule has 1 N–H and O–H groups in total. The van der Waals surface area contributed by atoms with Gasteiger partial charge in [0, 0.05) is 6.07 Å². The van der Waals surface area contributed by atoms with Gasteiger partial charge < -0.3 is 5.32 Å². The number of amides is 1. The molecule has 0 aliphatic carbocycles. The Bertz CT molecular complexity index is 886. The zero-order valence-electron chi connectivity index (χ0n) is 12.4. The van der Waals surface area contributed by atoms with Crippen molar-refractivity contribution in [2.45, 2.75) is 13.5 Å². The number of nitrogens with one attached hydrogen (secondary N) is 1. The fourth-order valence-electron chi connectivity index (χ4n) is 2.04. The summed E-state index contributed by atoms with van der Waals surface area (Å²) in [6, 6.07) is 14.0. The zero-order chi connectivity index (χ0) is 16.2. The molecular weight excluding hydrogens is 312 g/mol. The molecule has 1 aromatic carbocycles. The largest absolute Gasteiger partial charge is 0.311 e. The molecule has 0 saturated carbocycles. The normalized spacial score (nSPS) is 10.5. The summed E-state index contributed by atoms with van der Waals surface area (Å²) >= 11 is 1.20. The molecule has 7 heteroatoms. The van der Waals surface area contributed by atoms with E-state index in [1.807, 2.05) is 37.3 Å². The number of anilines is 1. The predicted octanol–water partition coefficient (Wildman–Crippen LogP) is 2.31. The van der Waals surface area contributed by atoms with Crippen LogP contribution in [0.5, 0.6) is 0 Å². The van der Waals surface area contributed by atoms with Gasteiger partial charge in [0.1, 0.15) is 10.7 Å². The molecule has 0 radical (unpaired) electrons. The average Bonchev–Trinajstić information content (AvgIpc) is 2.95. The SMILES string of the molecule is Cc1cc(NC(=O)c2ccc(=O)n(Cc3ccccc3)n2)sn1. The van der Waals surface area contributed by atoms with Crippen molar-refractivity contribution in [3.8, 4) is 0 Å². The van der Waals surface area contributed by atoms with E-state index in [2.05, 4.69) is 14.8 Å². The highest BCUT2D eigenvalue weighted by Crippen LogP contribution is 2.16. The standard InChI is InChI=1S/C16H14N4O2S/c1-11-9-14(23-19-11)17-16(22)13-7-8-15(21)20(18-13)10-12-5-3-2-4-6-12/h2-9H,10H2,1H3,(H,17,22). The minimum atomic E-state index is -0.365. The molecule has 6 nitrogen and oxygen atoms in total. The van der Waals surface area contributed by atoms with E-state index in [1.165, 1.54) is 28.3 Å². The van der Waals surface area contributed by atoms with Crippen LogP contribution in [0, 0.1) is 6.92 Å². The second-order valence-electron chi connectivity index (χ2n) is 4.99. The fraction of sp³-hybridized carbons (Fsp3) is 0.125. The van der Waals surface area contributed by atoms with Crippen LogP contribution in [0.1, 0.15) is 21.7 Å². The summed E-state index contributed by atoms with van der Waals surface area (Å²) in [5.41, 5.74) is 1.72. The number of aryl methyl sites for hydroxylation is 1. The Morgan fingerprint density at radius 3 is 2.70 bits per heavy atom. The average molecular weight is 326 g/mol. The van der Waals surface area contributed by atoms with Gasteiger partial charge in [-0.2, -0.15) is 9.47 Å². The van der Waals surface area contributed by atoms with Crippen molar-refractivity contribution in [2.75, 3.05) is 5.32 Å². The Kier molecular flexibility index (Phi) is 4.29. The number of carbonyl (C=O) groups is 1. The molecule has 23 heavy (non-hydrogen) atoms. The molecule has 2 aromatic heterocycles. The lowest BCUT2D eigenvalue weighted by atomic mass is 10.2. The minimum Gasteiger partial charge on any atom is -0.311 e. The first-order valence-corrected chi connectivity index (χ1v) is 7.76. The van der Waals surface area contributed by atoms with Gasteiger partial charge in [-0.1, -0.05) is 30.3 Å². The minimum absolute atomic E-state index is 0.187. The molecule has 0 aliphatic rings. The maximum absolute atomic E-state index is 12.2. The van der Waals surface area contributed by atoms with E-state index in [0.717, 1.165) is 11.3 Å². The monoisotopic (exact) mass is 326 g/mol. The van der Waals surface area contributed by atoms with Crippen LogP contribution >= 0.6 is 11.5 Å².